The van der Waals surface area contributed by atoms with Crippen LogP contribution >= 0.6 is 11.8 Å². The summed E-state index contributed by atoms with van der Waals surface area (Å²) in [5.74, 6) is 1.20. The van der Waals surface area contributed by atoms with Crippen LogP contribution in [0.2, 0.25) is 0 Å². The highest BCUT2D eigenvalue weighted by molar-refractivity contribution is 8.01. The molecule has 1 saturated heterocycles. The lowest BCUT2D eigenvalue weighted by molar-refractivity contribution is -0.126. The van der Waals surface area contributed by atoms with Gasteiger partial charge >= 0.3 is 0 Å². The summed E-state index contributed by atoms with van der Waals surface area (Å²) in [7, 11) is 4.66. The van der Waals surface area contributed by atoms with E-state index in [1.165, 1.54) is 14.2 Å². The van der Waals surface area contributed by atoms with E-state index in [4.69, 9.17) is 14.2 Å². The first-order chi connectivity index (χ1) is 14.8. The second-order valence-corrected chi connectivity index (χ2v) is 9.72. The molecule has 0 spiro atoms. The molecule has 0 aliphatic carbocycles. The van der Waals surface area contributed by atoms with Crippen LogP contribution in [0.15, 0.2) is 36.4 Å². The van der Waals surface area contributed by atoms with Gasteiger partial charge in [-0.25, -0.2) is 0 Å². The van der Waals surface area contributed by atoms with Gasteiger partial charge in [-0.05, 0) is 26.0 Å². The minimum Gasteiger partial charge on any atom is -0.496 e. The molecule has 8 heteroatoms. The van der Waals surface area contributed by atoms with E-state index in [1.807, 2.05) is 44.2 Å². The fourth-order valence-corrected chi connectivity index (χ4v) is 5.96. The van der Waals surface area contributed by atoms with Gasteiger partial charge in [0.15, 0.2) is 11.5 Å². The molecule has 164 valence electrons. The first-order valence-corrected chi connectivity index (χ1v) is 10.9. The summed E-state index contributed by atoms with van der Waals surface area (Å²) < 4.78 is 15.8. The average molecular weight is 443 g/mol. The normalized spacial score (nSPS) is 20.8. The molecular weight excluding hydrogens is 416 g/mol. The fraction of sp³-hybridized carbons (Fsp3) is 0.391. The van der Waals surface area contributed by atoms with Crippen molar-refractivity contribution in [3.05, 3.63) is 53.1 Å². The fourth-order valence-electron chi connectivity index (χ4n) is 4.38. The van der Waals surface area contributed by atoms with Crippen LogP contribution in [0, 0.1) is 0 Å². The molecule has 2 aromatic carbocycles. The third-order valence-corrected chi connectivity index (χ3v) is 7.33. The number of nitrogens with zero attached hydrogens (tertiary/aromatic N) is 1. The minimum absolute atomic E-state index is 0.196. The van der Waals surface area contributed by atoms with E-state index < -0.39 is 10.8 Å². The Morgan fingerprint density at radius 3 is 2.45 bits per heavy atom. The lowest BCUT2D eigenvalue weighted by atomic mass is 10.0. The van der Waals surface area contributed by atoms with Gasteiger partial charge in [0.05, 0.1) is 26.9 Å². The lowest BCUT2D eigenvalue weighted by Gasteiger charge is -2.29. The molecule has 7 nitrogen and oxygen atoms in total. The van der Waals surface area contributed by atoms with Crippen LogP contribution in [-0.2, 0) is 11.3 Å². The van der Waals surface area contributed by atoms with E-state index in [0.717, 1.165) is 11.1 Å². The molecule has 0 bridgehead atoms. The van der Waals surface area contributed by atoms with E-state index in [-0.39, 0.29) is 17.2 Å². The van der Waals surface area contributed by atoms with Gasteiger partial charge in [0, 0.05) is 22.4 Å². The summed E-state index contributed by atoms with van der Waals surface area (Å²) in [6.45, 7) is 4.31. The van der Waals surface area contributed by atoms with Gasteiger partial charge in [0.2, 0.25) is 5.91 Å². The standard InChI is InChI=1S/C23H26N2O5S/c1-23(2)19(20(26)24-12-13-8-6-7-9-15(13)28-3)25-21(27)17-14(22(25)31-23)10-11-16(29-4)18(17)30-5/h6-11,19,22H,12H2,1-5H3,(H,24,26). The van der Waals surface area contributed by atoms with E-state index in [2.05, 4.69) is 5.32 Å². The Morgan fingerprint density at radius 1 is 1.06 bits per heavy atom. The van der Waals surface area contributed by atoms with Crippen LogP contribution in [-0.4, -0.2) is 48.8 Å². The molecule has 2 atom stereocenters. The first kappa shape index (κ1) is 21.4. The smallest absolute Gasteiger partial charge is 0.260 e. The van der Waals surface area contributed by atoms with Gasteiger partial charge in [-0.3, -0.25) is 9.59 Å². The molecule has 1 N–H and O–H groups in total. The van der Waals surface area contributed by atoms with Gasteiger partial charge in [0.1, 0.15) is 17.2 Å². The van der Waals surface area contributed by atoms with Crippen molar-refractivity contribution in [1.29, 1.82) is 0 Å². The summed E-state index contributed by atoms with van der Waals surface area (Å²) in [5.41, 5.74) is 2.19. The third-order valence-electron chi connectivity index (χ3n) is 5.79. The van der Waals surface area contributed by atoms with Crippen LogP contribution in [0.4, 0.5) is 0 Å². The molecule has 2 aliphatic rings. The SMILES string of the molecule is COc1ccccc1CNC(=O)C1N2C(=O)c3c(ccc(OC)c3OC)C2SC1(C)C. The number of carbonyl (C=O) groups is 2. The van der Waals surface area contributed by atoms with Crippen molar-refractivity contribution in [1.82, 2.24) is 10.2 Å². The van der Waals surface area contributed by atoms with Crippen molar-refractivity contribution in [3.63, 3.8) is 0 Å². The first-order valence-electron chi connectivity index (χ1n) is 9.99. The van der Waals surface area contributed by atoms with E-state index in [1.54, 1.807) is 29.8 Å². The largest absolute Gasteiger partial charge is 0.496 e. The number of benzene rings is 2. The maximum Gasteiger partial charge on any atom is 0.260 e. The number of ether oxygens (including phenoxy) is 3. The predicted octanol–water partition coefficient (Wildman–Crippen LogP) is 3.38. The zero-order valence-corrected chi connectivity index (χ0v) is 19.0. The molecule has 0 aromatic heterocycles. The maximum atomic E-state index is 13.5. The lowest BCUT2D eigenvalue weighted by Crippen LogP contribution is -2.52. The van der Waals surface area contributed by atoms with E-state index in [9.17, 15) is 9.59 Å². The number of hydrogen-bond donors (Lipinski definition) is 1. The van der Waals surface area contributed by atoms with Crippen molar-refractivity contribution in [2.24, 2.45) is 0 Å². The maximum absolute atomic E-state index is 13.5. The quantitative estimate of drug-likeness (QED) is 0.739. The van der Waals surface area contributed by atoms with Crippen LogP contribution in [0.1, 0.15) is 40.7 Å². The summed E-state index contributed by atoms with van der Waals surface area (Å²) in [6, 6.07) is 10.6. The van der Waals surface area contributed by atoms with Gasteiger partial charge < -0.3 is 24.4 Å². The van der Waals surface area contributed by atoms with Crippen LogP contribution in [0.3, 0.4) is 0 Å². The van der Waals surface area contributed by atoms with Crippen LogP contribution in [0.5, 0.6) is 17.2 Å². The van der Waals surface area contributed by atoms with E-state index >= 15 is 0 Å². The zero-order chi connectivity index (χ0) is 22.3. The van der Waals surface area contributed by atoms with Crippen molar-refractivity contribution in [3.8, 4) is 17.2 Å². The molecular formula is C23H26N2O5S. The second kappa shape index (κ2) is 8.00. The Balaban J connectivity index is 1.63. The summed E-state index contributed by atoms with van der Waals surface area (Å²) in [5, 5.41) is 2.75. The number of rotatable bonds is 6. The highest BCUT2D eigenvalue weighted by Gasteiger charge is 2.58. The summed E-state index contributed by atoms with van der Waals surface area (Å²) >= 11 is 1.61. The Labute approximate surface area is 186 Å². The number of methoxy groups -OCH3 is 3. The Morgan fingerprint density at radius 2 is 1.77 bits per heavy atom. The van der Waals surface area contributed by atoms with E-state index in [0.29, 0.717) is 29.4 Å². The van der Waals surface area contributed by atoms with Gasteiger partial charge in [-0.15, -0.1) is 11.8 Å². The topological polar surface area (TPSA) is 77.1 Å². The molecule has 0 radical (unpaired) electrons. The van der Waals surface area contributed by atoms with Crippen LogP contribution < -0.4 is 19.5 Å². The molecule has 2 aliphatic heterocycles. The minimum atomic E-state index is -0.632. The van der Waals surface area contributed by atoms with Crippen molar-refractivity contribution in [2.45, 2.75) is 36.6 Å². The summed E-state index contributed by atoms with van der Waals surface area (Å²) in [4.78, 5) is 28.5. The van der Waals surface area contributed by atoms with Crippen molar-refractivity contribution in [2.75, 3.05) is 21.3 Å². The molecule has 0 saturated carbocycles. The average Bonchev–Trinajstić information content (AvgIpc) is 3.20. The molecule has 1 fully saturated rings. The highest BCUT2D eigenvalue weighted by atomic mass is 32.2. The van der Waals surface area contributed by atoms with Gasteiger partial charge in [-0.2, -0.15) is 0 Å². The van der Waals surface area contributed by atoms with Gasteiger partial charge in [-0.1, -0.05) is 24.3 Å². The summed E-state index contributed by atoms with van der Waals surface area (Å²) in [6.07, 6.45) is 0. The van der Waals surface area contributed by atoms with Crippen LogP contribution in [0.25, 0.3) is 0 Å². The number of nitrogens with one attached hydrogen (secondary N) is 1. The number of thioether (sulfide) groups is 1. The number of hydrogen-bond acceptors (Lipinski definition) is 6. The highest BCUT2D eigenvalue weighted by Crippen LogP contribution is 2.58. The van der Waals surface area contributed by atoms with Gasteiger partial charge in [0.25, 0.3) is 5.91 Å². The molecule has 31 heavy (non-hydrogen) atoms. The Hall–Kier alpha value is -2.87. The zero-order valence-electron chi connectivity index (χ0n) is 18.2. The molecule has 2 heterocycles. The molecule has 4 rings (SSSR count). The number of fused-ring (bicyclic) bond motifs is 3. The Bertz CT molecular complexity index is 1040. The number of para-hydroxylation sites is 1. The van der Waals surface area contributed by atoms with Crippen molar-refractivity contribution < 1.29 is 23.8 Å². The molecule has 2 unspecified atom stereocenters. The monoisotopic (exact) mass is 442 g/mol. The molecule has 2 amide bonds. The predicted molar refractivity (Wildman–Crippen MR) is 119 cm³/mol. The number of amides is 2. The van der Waals surface area contributed by atoms with Crippen molar-refractivity contribution >= 4 is 23.6 Å². The molecule has 2 aromatic rings. The third kappa shape index (κ3) is 3.39. The Kier molecular flexibility index (Phi) is 5.51. The number of carbonyl (C=O) groups excluding carboxylic acids is 2. The second-order valence-electron chi connectivity index (χ2n) is 7.98.